The minimum atomic E-state index is 0.533. The van der Waals surface area contributed by atoms with Gasteiger partial charge in [0.2, 0.25) is 0 Å². The molecule has 0 atom stereocenters. The average Bonchev–Trinajstić information content (AvgIpc) is 3.24. The van der Waals surface area contributed by atoms with Crippen LogP contribution in [0.3, 0.4) is 0 Å². The molecule has 5 rings (SSSR count). The van der Waals surface area contributed by atoms with Gasteiger partial charge in [0.05, 0.1) is 12.4 Å². The number of aryl methyl sites for hydroxylation is 1. The Hall–Kier alpha value is -3.14. The molecule has 0 saturated heterocycles. The molecule has 0 bridgehead atoms. The van der Waals surface area contributed by atoms with Crippen molar-refractivity contribution in [2.75, 3.05) is 0 Å². The first-order valence-electron chi connectivity index (χ1n) is 8.86. The summed E-state index contributed by atoms with van der Waals surface area (Å²) in [6, 6.07) is 16.7. The van der Waals surface area contributed by atoms with Gasteiger partial charge in [0, 0.05) is 24.0 Å². The Morgan fingerprint density at radius 3 is 2.19 bits per heavy atom. The van der Waals surface area contributed by atoms with E-state index in [0.717, 1.165) is 39.7 Å². The lowest BCUT2D eigenvalue weighted by atomic mass is 10.0. The highest BCUT2D eigenvalue weighted by Crippen LogP contribution is 2.40. The number of hydrogen-bond acceptors (Lipinski definition) is 4. The van der Waals surface area contributed by atoms with Gasteiger partial charge in [-0.25, -0.2) is 9.97 Å². The fraction of sp³-hybridized carbons (Fsp3) is 0.182. The summed E-state index contributed by atoms with van der Waals surface area (Å²) in [5.41, 5.74) is 4.36. The number of oxazole rings is 2. The third-order valence-corrected chi connectivity index (χ3v) is 4.72. The number of benzene rings is 2. The lowest BCUT2D eigenvalue weighted by Crippen LogP contribution is -1.81. The Morgan fingerprint density at radius 1 is 0.769 bits per heavy atom. The molecule has 2 aromatic heterocycles. The molecule has 4 nitrogen and oxygen atoms in total. The van der Waals surface area contributed by atoms with E-state index >= 15 is 0 Å². The van der Waals surface area contributed by atoms with Crippen molar-refractivity contribution in [3.05, 3.63) is 72.7 Å². The van der Waals surface area contributed by atoms with Gasteiger partial charge < -0.3 is 8.83 Å². The van der Waals surface area contributed by atoms with Gasteiger partial charge in [0.1, 0.15) is 0 Å². The third-order valence-electron chi connectivity index (χ3n) is 4.72. The molecule has 0 aliphatic heterocycles. The van der Waals surface area contributed by atoms with Crippen molar-refractivity contribution < 1.29 is 8.83 Å². The van der Waals surface area contributed by atoms with E-state index in [4.69, 9.17) is 8.83 Å². The fourth-order valence-electron chi connectivity index (χ4n) is 3.11. The molecule has 0 spiro atoms. The van der Waals surface area contributed by atoms with Crippen molar-refractivity contribution in [2.45, 2.75) is 25.7 Å². The first kappa shape index (κ1) is 15.1. The molecule has 0 N–H and O–H groups in total. The quantitative estimate of drug-likeness (QED) is 0.467. The number of aromatic nitrogens is 2. The molecule has 1 aliphatic rings. The topological polar surface area (TPSA) is 52.1 Å². The van der Waals surface area contributed by atoms with Crippen LogP contribution in [0.2, 0.25) is 0 Å². The summed E-state index contributed by atoms with van der Waals surface area (Å²) in [5, 5.41) is 0. The minimum Gasteiger partial charge on any atom is -0.441 e. The van der Waals surface area contributed by atoms with E-state index < -0.39 is 0 Å². The summed E-state index contributed by atoms with van der Waals surface area (Å²) in [7, 11) is 0. The molecule has 1 saturated carbocycles. The van der Waals surface area contributed by atoms with Crippen LogP contribution in [0.5, 0.6) is 0 Å². The van der Waals surface area contributed by atoms with E-state index in [1.54, 1.807) is 6.20 Å². The SMILES string of the molecule is Cc1ncc(-c2cccc(-c3ccc(-c4cnc(C5CC5)o4)cc3)c2)o1. The number of hydrogen-bond donors (Lipinski definition) is 0. The lowest BCUT2D eigenvalue weighted by molar-refractivity contribution is 0.509. The number of rotatable bonds is 4. The van der Waals surface area contributed by atoms with Crippen molar-refractivity contribution in [3.8, 4) is 33.8 Å². The van der Waals surface area contributed by atoms with Crippen LogP contribution in [0.25, 0.3) is 33.8 Å². The minimum absolute atomic E-state index is 0.533. The van der Waals surface area contributed by atoms with Gasteiger partial charge in [-0.15, -0.1) is 0 Å². The Kier molecular flexibility index (Phi) is 3.49. The zero-order chi connectivity index (χ0) is 17.5. The molecule has 128 valence electrons. The zero-order valence-electron chi connectivity index (χ0n) is 14.5. The van der Waals surface area contributed by atoms with Gasteiger partial charge in [0.15, 0.2) is 23.3 Å². The second-order valence-corrected chi connectivity index (χ2v) is 6.74. The molecule has 2 aromatic carbocycles. The predicted octanol–water partition coefficient (Wildman–Crippen LogP) is 5.85. The Morgan fingerprint density at radius 2 is 1.46 bits per heavy atom. The molecule has 0 radical (unpaired) electrons. The summed E-state index contributed by atoms with van der Waals surface area (Å²) in [5.74, 6) is 3.71. The van der Waals surface area contributed by atoms with E-state index in [1.807, 2.05) is 25.3 Å². The van der Waals surface area contributed by atoms with Crippen molar-refractivity contribution in [1.82, 2.24) is 9.97 Å². The van der Waals surface area contributed by atoms with E-state index in [-0.39, 0.29) is 0 Å². The van der Waals surface area contributed by atoms with Gasteiger partial charge in [-0.05, 0) is 30.0 Å². The summed E-state index contributed by atoms with van der Waals surface area (Å²) >= 11 is 0. The summed E-state index contributed by atoms with van der Waals surface area (Å²) < 4.78 is 11.5. The Bertz CT molecular complexity index is 1060. The van der Waals surface area contributed by atoms with Crippen LogP contribution in [0.15, 0.2) is 69.8 Å². The van der Waals surface area contributed by atoms with Gasteiger partial charge in [0.25, 0.3) is 0 Å². The maximum Gasteiger partial charge on any atom is 0.198 e. The molecular formula is C22H18N2O2. The predicted molar refractivity (Wildman–Crippen MR) is 99.6 cm³/mol. The highest BCUT2D eigenvalue weighted by atomic mass is 16.4. The van der Waals surface area contributed by atoms with E-state index in [9.17, 15) is 0 Å². The molecule has 2 heterocycles. The van der Waals surface area contributed by atoms with Gasteiger partial charge in [-0.1, -0.05) is 42.5 Å². The highest BCUT2D eigenvalue weighted by Gasteiger charge is 2.28. The van der Waals surface area contributed by atoms with Crippen LogP contribution < -0.4 is 0 Å². The average molecular weight is 342 g/mol. The summed E-state index contributed by atoms with van der Waals surface area (Å²) in [6.45, 7) is 1.85. The van der Waals surface area contributed by atoms with E-state index in [0.29, 0.717) is 11.8 Å². The Balaban J connectivity index is 1.43. The van der Waals surface area contributed by atoms with Crippen LogP contribution in [0.4, 0.5) is 0 Å². The molecule has 26 heavy (non-hydrogen) atoms. The van der Waals surface area contributed by atoms with Gasteiger partial charge in [-0.2, -0.15) is 0 Å². The maximum absolute atomic E-state index is 5.89. The van der Waals surface area contributed by atoms with Crippen molar-refractivity contribution in [1.29, 1.82) is 0 Å². The van der Waals surface area contributed by atoms with Gasteiger partial charge >= 0.3 is 0 Å². The standard InChI is InChI=1S/C22H18N2O2/c1-14-23-12-21(25-14)19-4-2-3-18(11-19)15-5-7-16(8-6-15)20-13-24-22(26-20)17-9-10-17/h2-8,11-13,17H,9-10H2,1H3. The second kappa shape index (κ2) is 5.99. The van der Waals surface area contributed by atoms with Crippen molar-refractivity contribution in [2.24, 2.45) is 0 Å². The first-order valence-corrected chi connectivity index (χ1v) is 8.86. The first-order chi connectivity index (χ1) is 12.8. The van der Waals surface area contributed by atoms with Crippen LogP contribution in [-0.4, -0.2) is 9.97 Å². The van der Waals surface area contributed by atoms with Crippen molar-refractivity contribution >= 4 is 0 Å². The normalized spacial score (nSPS) is 13.9. The molecule has 1 fully saturated rings. The molecule has 4 aromatic rings. The zero-order valence-corrected chi connectivity index (χ0v) is 14.5. The van der Waals surface area contributed by atoms with Crippen LogP contribution in [0.1, 0.15) is 30.5 Å². The highest BCUT2D eigenvalue weighted by molar-refractivity contribution is 5.72. The van der Waals surface area contributed by atoms with Crippen LogP contribution >= 0.6 is 0 Å². The third kappa shape index (κ3) is 2.84. The monoisotopic (exact) mass is 342 g/mol. The van der Waals surface area contributed by atoms with Crippen molar-refractivity contribution in [3.63, 3.8) is 0 Å². The fourth-order valence-corrected chi connectivity index (χ4v) is 3.11. The second-order valence-electron chi connectivity index (χ2n) is 6.74. The van der Waals surface area contributed by atoms with Crippen LogP contribution in [-0.2, 0) is 0 Å². The van der Waals surface area contributed by atoms with E-state index in [2.05, 4.69) is 46.4 Å². The summed E-state index contributed by atoms with van der Waals surface area (Å²) in [4.78, 5) is 8.58. The molecule has 1 aliphatic carbocycles. The lowest BCUT2D eigenvalue weighted by Gasteiger charge is -2.05. The van der Waals surface area contributed by atoms with E-state index in [1.165, 1.54) is 12.8 Å². The molecule has 0 amide bonds. The largest absolute Gasteiger partial charge is 0.441 e. The number of nitrogens with zero attached hydrogens (tertiary/aromatic N) is 2. The maximum atomic E-state index is 5.89. The molecular weight excluding hydrogens is 324 g/mol. The smallest absolute Gasteiger partial charge is 0.198 e. The molecule has 0 unspecified atom stereocenters. The summed E-state index contributed by atoms with van der Waals surface area (Å²) in [6.07, 6.45) is 5.98. The molecule has 4 heteroatoms. The Labute approximate surface area is 151 Å². The van der Waals surface area contributed by atoms with Crippen LogP contribution in [0, 0.1) is 6.92 Å². The van der Waals surface area contributed by atoms with Gasteiger partial charge in [-0.3, -0.25) is 0 Å².